The van der Waals surface area contributed by atoms with Crippen molar-refractivity contribution in [1.82, 2.24) is 4.90 Å². The lowest BCUT2D eigenvalue weighted by molar-refractivity contribution is -0.135. The van der Waals surface area contributed by atoms with Gasteiger partial charge in [0.15, 0.2) is 14.0 Å². The van der Waals surface area contributed by atoms with Crippen LogP contribution >= 0.6 is 11.8 Å². The fraction of sp³-hybridized carbons (Fsp3) is 0.667. The second kappa shape index (κ2) is 3.66. The van der Waals surface area contributed by atoms with Gasteiger partial charge in [-0.25, -0.2) is 13.2 Å². The Labute approximate surface area is 98.4 Å². The van der Waals surface area contributed by atoms with E-state index in [-0.39, 0.29) is 11.4 Å². The van der Waals surface area contributed by atoms with Gasteiger partial charge in [-0.05, 0) is 6.08 Å². The van der Waals surface area contributed by atoms with Crippen molar-refractivity contribution in [2.45, 2.75) is 17.5 Å². The van der Waals surface area contributed by atoms with Gasteiger partial charge in [0.25, 0.3) is 0 Å². The first-order chi connectivity index (χ1) is 7.44. The minimum atomic E-state index is -3.26. The fourth-order valence-corrected chi connectivity index (χ4v) is 5.80. The van der Waals surface area contributed by atoms with Crippen LogP contribution in [0.1, 0.15) is 13.3 Å². The van der Waals surface area contributed by atoms with Crippen LogP contribution in [0.2, 0.25) is 0 Å². The summed E-state index contributed by atoms with van der Waals surface area (Å²) in [7, 11) is -3.26. The minimum Gasteiger partial charge on any atom is -0.477 e. The summed E-state index contributed by atoms with van der Waals surface area (Å²) in [6.45, 7) is 2.10. The normalized spacial score (nSPS) is 29.1. The van der Waals surface area contributed by atoms with Crippen molar-refractivity contribution >= 4 is 27.6 Å². The number of nitrogens with zero attached hydrogens (tertiary/aromatic N) is 1. The molecule has 1 N–H and O–H groups in total. The quantitative estimate of drug-likeness (QED) is 0.799. The van der Waals surface area contributed by atoms with Gasteiger partial charge in [0, 0.05) is 18.7 Å². The maximum absolute atomic E-state index is 12.0. The first-order valence-electron chi connectivity index (χ1n) is 5.02. The van der Waals surface area contributed by atoms with Gasteiger partial charge in [0.05, 0.1) is 5.75 Å². The smallest absolute Gasteiger partial charge is 0.351 e. The summed E-state index contributed by atoms with van der Waals surface area (Å²) >= 11 is 1.31. The van der Waals surface area contributed by atoms with Gasteiger partial charge in [-0.2, -0.15) is 0 Å². The molecule has 0 spiro atoms. The van der Waals surface area contributed by atoms with Crippen LogP contribution < -0.4 is 0 Å². The number of sulfone groups is 1. The number of aliphatic carboxylic acids is 1. The highest BCUT2D eigenvalue weighted by Gasteiger charge is 2.57. The van der Waals surface area contributed by atoms with Gasteiger partial charge in [-0.1, -0.05) is 6.92 Å². The van der Waals surface area contributed by atoms with E-state index in [2.05, 4.69) is 0 Å². The monoisotopic (exact) mass is 263 g/mol. The molecule has 0 amide bonds. The van der Waals surface area contributed by atoms with Crippen LogP contribution in [-0.4, -0.2) is 46.6 Å². The molecule has 1 atom stereocenters. The van der Waals surface area contributed by atoms with Gasteiger partial charge < -0.3 is 10.0 Å². The van der Waals surface area contributed by atoms with Crippen molar-refractivity contribution in [2.75, 3.05) is 18.1 Å². The van der Waals surface area contributed by atoms with Crippen molar-refractivity contribution in [3.05, 3.63) is 11.8 Å². The Bertz CT molecular complexity index is 456. The third kappa shape index (κ3) is 1.37. The predicted octanol–water partition coefficient (Wildman–Crippen LogP) is 0.496. The average Bonchev–Trinajstić information content (AvgIpc) is 2.19. The summed E-state index contributed by atoms with van der Waals surface area (Å²) in [4.78, 5) is 12.5. The van der Waals surface area contributed by atoms with Crippen molar-refractivity contribution in [2.24, 2.45) is 0 Å². The molecule has 16 heavy (non-hydrogen) atoms. The van der Waals surface area contributed by atoms with Gasteiger partial charge in [0.2, 0.25) is 0 Å². The predicted molar refractivity (Wildman–Crippen MR) is 61.7 cm³/mol. The van der Waals surface area contributed by atoms with Crippen molar-refractivity contribution in [3.8, 4) is 0 Å². The lowest BCUT2D eigenvalue weighted by Crippen LogP contribution is -2.64. The molecule has 90 valence electrons. The lowest BCUT2D eigenvalue weighted by Gasteiger charge is -2.54. The van der Waals surface area contributed by atoms with E-state index in [1.807, 2.05) is 0 Å². The highest BCUT2D eigenvalue weighted by molar-refractivity contribution is 8.14. The second-order valence-electron chi connectivity index (χ2n) is 3.72. The summed E-state index contributed by atoms with van der Waals surface area (Å²) in [5.74, 6) is -0.559. The summed E-state index contributed by atoms with van der Waals surface area (Å²) in [6, 6.07) is 0. The third-order valence-corrected chi connectivity index (χ3v) is 7.50. The summed E-state index contributed by atoms with van der Waals surface area (Å²) in [6.07, 6.45) is 2.09. The van der Waals surface area contributed by atoms with E-state index in [9.17, 15) is 13.2 Å². The molecule has 2 aliphatic heterocycles. The largest absolute Gasteiger partial charge is 0.477 e. The third-order valence-electron chi connectivity index (χ3n) is 3.02. The number of rotatable bonds is 3. The van der Waals surface area contributed by atoms with Crippen LogP contribution in [0.4, 0.5) is 0 Å². The molecular weight excluding hydrogens is 250 g/mol. The Hall–Kier alpha value is -0.690. The van der Waals surface area contributed by atoms with E-state index < -0.39 is 20.0 Å². The molecule has 5 nitrogen and oxygen atoms in total. The van der Waals surface area contributed by atoms with E-state index in [1.54, 1.807) is 13.0 Å². The molecule has 2 aliphatic rings. The SMILES string of the molecule is CCS(=O)(=O)C12CCN1C(C(=O)O)=CCS2. The molecule has 0 bridgehead atoms. The number of hydrogen-bond acceptors (Lipinski definition) is 5. The minimum absolute atomic E-state index is 0.0450. The van der Waals surface area contributed by atoms with Crippen molar-refractivity contribution in [3.63, 3.8) is 0 Å². The van der Waals surface area contributed by atoms with Gasteiger partial charge in [0.1, 0.15) is 5.70 Å². The molecule has 0 aromatic rings. The molecule has 7 heteroatoms. The molecule has 0 aromatic carbocycles. The maximum atomic E-state index is 12.0. The number of hydrogen-bond donors (Lipinski definition) is 1. The number of carboxylic acids is 1. The summed E-state index contributed by atoms with van der Waals surface area (Å²) in [5.41, 5.74) is 0.127. The Morgan fingerprint density at radius 3 is 2.81 bits per heavy atom. The zero-order chi connectivity index (χ0) is 12.0. The lowest BCUT2D eigenvalue weighted by atomic mass is 10.1. The van der Waals surface area contributed by atoms with Gasteiger partial charge in [-0.15, -0.1) is 11.8 Å². The molecule has 2 rings (SSSR count). The van der Waals surface area contributed by atoms with Crippen molar-refractivity contribution in [1.29, 1.82) is 0 Å². The highest BCUT2D eigenvalue weighted by atomic mass is 32.3. The molecule has 1 saturated heterocycles. The first-order valence-corrected chi connectivity index (χ1v) is 7.66. The molecule has 0 radical (unpaired) electrons. The van der Waals surface area contributed by atoms with Crippen molar-refractivity contribution < 1.29 is 18.3 Å². The van der Waals surface area contributed by atoms with Crippen LogP contribution in [0.3, 0.4) is 0 Å². The zero-order valence-electron chi connectivity index (χ0n) is 8.84. The van der Waals surface area contributed by atoms with Crippen LogP contribution in [0.25, 0.3) is 0 Å². The topological polar surface area (TPSA) is 74.7 Å². The molecule has 1 unspecified atom stereocenters. The Balaban J connectivity index is 2.41. The van der Waals surface area contributed by atoms with Crippen LogP contribution in [0.15, 0.2) is 11.8 Å². The van der Waals surface area contributed by atoms with E-state index >= 15 is 0 Å². The van der Waals surface area contributed by atoms with E-state index in [1.165, 1.54) is 16.7 Å². The Morgan fingerprint density at radius 2 is 2.38 bits per heavy atom. The average molecular weight is 263 g/mol. The molecule has 0 aliphatic carbocycles. The Kier molecular flexibility index (Phi) is 2.70. The van der Waals surface area contributed by atoms with E-state index in [0.29, 0.717) is 18.7 Å². The van der Waals surface area contributed by atoms with E-state index in [4.69, 9.17) is 5.11 Å². The number of fused-ring (bicyclic) bond motifs is 1. The maximum Gasteiger partial charge on any atom is 0.351 e. The first kappa shape index (κ1) is 11.8. The molecule has 0 aromatic heterocycles. The number of thioether (sulfide) groups is 1. The molecule has 1 fully saturated rings. The number of carbonyl (C=O) groups is 1. The van der Waals surface area contributed by atoms with Gasteiger partial charge in [-0.3, -0.25) is 0 Å². The summed E-state index contributed by atoms with van der Waals surface area (Å²) in [5, 5.41) is 9.00. The molecule has 0 saturated carbocycles. The van der Waals surface area contributed by atoms with Crippen LogP contribution in [0.5, 0.6) is 0 Å². The van der Waals surface area contributed by atoms with Crippen LogP contribution in [0, 0.1) is 0 Å². The summed E-state index contributed by atoms with van der Waals surface area (Å²) < 4.78 is 23.0. The fourth-order valence-electron chi connectivity index (χ4n) is 2.06. The number of carboxylic acid groups (broad SMARTS) is 1. The second-order valence-corrected chi connectivity index (χ2v) is 7.76. The zero-order valence-corrected chi connectivity index (χ0v) is 10.5. The molecule has 2 heterocycles. The standard InChI is InChI=1S/C9H13NO4S2/c1-2-16(13,14)9-4-5-10(9)7(8(11)12)3-6-15-9/h3H,2,4-6H2,1H3,(H,11,12). The molecular formula is C9H13NO4S2. The van der Waals surface area contributed by atoms with Gasteiger partial charge >= 0.3 is 5.97 Å². The highest BCUT2D eigenvalue weighted by Crippen LogP contribution is 2.50. The van der Waals surface area contributed by atoms with E-state index in [0.717, 1.165) is 0 Å². The van der Waals surface area contributed by atoms with Crippen LogP contribution in [-0.2, 0) is 14.6 Å². The Morgan fingerprint density at radius 1 is 1.69 bits per heavy atom.